The lowest BCUT2D eigenvalue weighted by Crippen LogP contribution is -2.37. The Hall–Kier alpha value is -1.38. The van der Waals surface area contributed by atoms with Gasteiger partial charge in [0.15, 0.2) is 0 Å². The zero-order valence-corrected chi connectivity index (χ0v) is 16.2. The SMILES string of the molecule is Cl.Cl.Cn1cc(CNCC2(COc3cccnc3)C[C@@H](O)[C@@H](O)C2)cn1. The fraction of sp³-hybridized carbons (Fsp3) is 0.529. The molecule has 1 fully saturated rings. The average Bonchev–Trinajstić information content (AvgIpc) is 3.11. The van der Waals surface area contributed by atoms with Gasteiger partial charge >= 0.3 is 0 Å². The highest BCUT2D eigenvalue weighted by molar-refractivity contribution is 5.85. The van der Waals surface area contributed by atoms with E-state index in [1.807, 2.05) is 31.6 Å². The molecule has 146 valence electrons. The van der Waals surface area contributed by atoms with Crippen molar-refractivity contribution in [3.63, 3.8) is 0 Å². The van der Waals surface area contributed by atoms with Crippen LogP contribution in [0.4, 0.5) is 0 Å². The van der Waals surface area contributed by atoms with Crippen molar-refractivity contribution >= 4 is 24.8 Å². The molecule has 3 rings (SSSR count). The maximum atomic E-state index is 9.99. The molecule has 1 aliphatic carbocycles. The zero-order chi connectivity index (χ0) is 17.0. The highest BCUT2D eigenvalue weighted by atomic mass is 35.5. The first-order chi connectivity index (χ1) is 11.6. The Balaban J connectivity index is 0.00000169. The van der Waals surface area contributed by atoms with Gasteiger partial charge in [-0.2, -0.15) is 5.10 Å². The van der Waals surface area contributed by atoms with Gasteiger partial charge in [0.05, 0.1) is 31.2 Å². The molecule has 1 saturated carbocycles. The first-order valence-corrected chi connectivity index (χ1v) is 8.14. The predicted octanol–water partition coefficient (Wildman–Crippen LogP) is 1.33. The summed E-state index contributed by atoms with van der Waals surface area (Å²) in [6, 6.07) is 3.67. The van der Waals surface area contributed by atoms with Gasteiger partial charge in [-0.15, -0.1) is 24.8 Å². The Morgan fingerprint density at radius 3 is 2.58 bits per heavy atom. The highest BCUT2D eigenvalue weighted by Gasteiger charge is 2.44. The van der Waals surface area contributed by atoms with Crippen molar-refractivity contribution in [2.75, 3.05) is 13.2 Å². The lowest BCUT2D eigenvalue weighted by Gasteiger charge is -2.29. The van der Waals surface area contributed by atoms with Crippen LogP contribution < -0.4 is 10.1 Å². The molecule has 1 unspecified atom stereocenters. The van der Waals surface area contributed by atoms with E-state index in [0.717, 1.165) is 5.56 Å². The van der Waals surface area contributed by atoms with Crippen molar-refractivity contribution in [1.29, 1.82) is 0 Å². The minimum absolute atomic E-state index is 0. The normalized spacial score (nSPS) is 24.6. The summed E-state index contributed by atoms with van der Waals surface area (Å²) < 4.78 is 7.62. The van der Waals surface area contributed by atoms with E-state index in [-0.39, 0.29) is 30.2 Å². The number of rotatable bonds is 7. The van der Waals surface area contributed by atoms with Gasteiger partial charge in [-0.25, -0.2) is 0 Å². The number of nitrogens with one attached hydrogen (secondary N) is 1. The van der Waals surface area contributed by atoms with Crippen LogP contribution in [-0.2, 0) is 13.6 Å². The molecule has 1 aliphatic rings. The summed E-state index contributed by atoms with van der Waals surface area (Å²) in [6.45, 7) is 1.76. The van der Waals surface area contributed by atoms with Gasteiger partial charge in [0.25, 0.3) is 0 Å². The van der Waals surface area contributed by atoms with Gasteiger partial charge in [-0.05, 0) is 25.0 Å². The van der Waals surface area contributed by atoms with Crippen molar-refractivity contribution in [3.05, 3.63) is 42.5 Å². The number of aromatic nitrogens is 3. The molecule has 0 amide bonds. The number of nitrogens with zero attached hydrogens (tertiary/aromatic N) is 3. The summed E-state index contributed by atoms with van der Waals surface area (Å²) in [6.07, 6.45) is 6.75. The van der Waals surface area contributed by atoms with E-state index in [2.05, 4.69) is 15.4 Å². The topological polar surface area (TPSA) is 92.4 Å². The van der Waals surface area contributed by atoms with Crippen LogP contribution in [0.15, 0.2) is 36.9 Å². The molecule has 2 heterocycles. The molecule has 0 spiro atoms. The van der Waals surface area contributed by atoms with E-state index in [4.69, 9.17) is 4.74 Å². The fourth-order valence-corrected chi connectivity index (χ4v) is 3.26. The van der Waals surface area contributed by atoms with E-state index in [1.165, 1.54) is 0 Å². The van der Waals surface area contributed by atoms with Crippen LogP contribution in [0.25, 0.3) is 0 Å². The summed E-state index contributed by atoms with van der Waals surface area (Å²) in [5, 5.41) is 27.5. The molecule has 2 aromatic heterocycles. The molecule has 2 aromatic rings. The third-order valence-electron chi connectivity index (χ3n) is 4.50. The summed E-state index contributed by atoms with van der Waals surface area (Å²) in [7, 11) is 1.89. The maximum Gasteiger partial charge on any atom is 0.137 e. The lowest BCUT2D eigenvalue weighted by molar-refractivity contribution is 0.0438. The number of pyridine rings is 1. The molecular weight excluding hydrogens is 379 g/mol. The third-order valence-corrected chi connectivity index (χ3v) is 4.50. The zero-order valence-electron chi connectivity index (χ0n) is 14.6. The monoisotopic (exact) mass is 404 g/mol. The molecule has 0 aromatic carbocycles. The number of hydrogen-bond acceptors (Lipinski definition) is 6. The second-order valence-electron chi connectivity index (χ2n) is 6.65. The lowest BCUT2D eigenvalue weighted by atomic mass is 9.86. The molecule has 7 nitrogen and oxygen atoms in total. The molecular formula is C17H26Cl2N4O3. The Morgan fingerprint density at radius 2 is 2.00 bits per heavy atom. The fourth-order valence-electron chi connectivity index (χ4n) is 3.26. The third kappa shape index (κ3) is 5.82. The number of aryl methyl sites for hydroxylation is 1. The first-order valence-electron chi connectivity index (χ1n) is 8.14. The van der Waals surface area contributed by atoms with Crippen molar-refractivity contribution in [2.45, 2.75) is 31.6 Å². The molecule has 3 atom stereocenters. The van der Waals surface area contributed by atoms with Crippen LogP contribution in [0.3, 0.4) is 0 Å². The Labute approximate surface area is 165 Å². The molecule has 0 bridgehead atoms. The quantitative estimate of drug-likeness (QED) is 0.644. The molecule has 9 heteroatoms. The summed E-state index contributed by atoms with van der Waals surface area (Å²) in [5.74, 6) is 0.694. The van der Waals surface area contributed by atoms with Gasteiger partial charge in [-0.3, -0.25) is 9.67 Å². The standard InChI is InChI=1S/C17H24N4O3.2ClH/c1-21-10-13(8-20-21)7-19-11-17(5-15(22)16(23)6-17)12-24-14-3-2-4-18-9-14;;/h2-4,8-10,15-16,19,22-23H,5-7,11-12H2,1H3;2*1H/t15-,16+,17?;;. The largest absolute Gasteiger partial charge is 0.491 e. The Kier molecular flexibility index (Phi) is 8.79. The van der Waals surface area contributed by atoms with E-state index in [0.29, 0.717) is 38.3 Å². The summed E-state index contributed by atoms with van der Waals surface area (Å²) in [4.78, 5) is 4.04. The van der Waals surface area contributed by atoms with Gasteiger partial charge in [0.2, 0.25) is 0 Å². The molecule has 26 heavy (non-hydrogen) atoms. The maximum absolute atomic E-state index is 9.99. The molecule has 3 N–H and O–H groups in total. The second kappa shape index (κ2) is 10.1. The minimum Gasteiger partial charge on any atom is -0.491 e. The number of halogens is 2. The average molecular weight is 405 g/mol. The van der Waals surface area contributed by atoms with Crippen LogP contribution in [0, 0.1) is 5.41 Å². The van der Waals surface area contributed by atoms with Gasteiger partial charge in [0.1, 0.15) is 5.75 Å². The Bertz CT molecular complexity index is 646. The molecule has 0 aliphatic heterocycles. The summed E-state index contributed by atoms with van der Waals surface area (Å²) >= 11 is 0. The van der Waals surface area contributed by atoms with Crippen molar-refractivity contribution in [3.8, 4) is 5.75 Å². The van der Waals surface area contributed by atoms with Crippen molar-refractivity contribution in [1.82, 2.24) is 20.1 Å². The van der Waals surface area contributed by atoms with Crippen LogP contribution in [0.5, 0.6) is 5.75 Å². The van der Waals surface area contributed by atoms with Crippen molar-refractivity contribution in [2.24, 2.45) is 12.5 Å². The minimum atomic E-state index is -0.706. The van der Waals surface area contributed by atoms with Crippen LogP contribution in [0.1, 0.15) is 18.4 Å². The first kappa shape index (κ1) is 22.7. The van der Waals surface area contributed by atoms with Crippen LogP contribution in [-0.4, -0.2) is 50.3 Å². The van der Waals surface area contributed by atoms with E-state index in [1.54, 1.807) is 17.1 Å². The second-order valence-corrected chi connectivity index (χ2v) is 6.65. The number of aliphatic hydroxyl groups excluding tert-OH is 2. The Morgan fingerprint density at radius 1 is 1.27 bits per heavy atom. The van der Waals surface area contributed by atoms with E-state index in [9.17, 15) is 10.2 Å². The number of ether oxygens (including phenoxy) is 1. The van der Waals surface area contributed by atoms with Crippen molar-refractivity contribution < 1.29 is 14.9 Å². The number of hydrogen-bond donors (Lipinski definition) is 3. The molecule has 0 radical (unpaired) electrons. The predicted molar refractivity (Wildman–Crippen MR) is 103 cm³/mol. The number of aliphatic hydroxyl groups is 2. The van der Waals surface area contributed by atoms with Gasteiger partial charge in [-0.1, -0.05) is 0 Å². The molecule has 0 saturated heterocycles. The van der Waals surface area contributed by atoms with Gasteiger partial charge < -0.3 is 20.3 Å². The van der Waals surface area contributed by atoms with Gasteiger partial charge in [0, 0.05) is 43.5 Å². The van der Waals surface area contributed by atoms with E-state index < -0.39 is 12.2 Å². The van der Waals surface area contributed by atoms with Crippen LogP contribution in [0.2, 0.25) is 0 Å². The summed E-state index contributed by atoms with van der Waals surface area (Å²) in [5.41, 5.74) is 0.789. The van der Waals surface area contributed by atoms with E-state index >= 15 is 0 Å². The smallest absolute Gasteiger partial charge is 0.137 e. The highest BCUT2D eigenvalue weighted by Crippen LogP contribution is 2.38. The van der Waals surface area contributed by atoms with Crippen LogP contribution >= 0.6 is 24.8 Å².